The lowest BCUT2D eigenvalue weighted by atomic mass is 9.94. The Balaban J connectivity index is 2.62. The number of alkyl carbamates (subject to hydrolysis) is 1. The van der Waals surface area contributed by atoms with Gasteiger partial charge in [-0.2, -0.15) is 0 Å². The summed E-state index contributed by atoms with van der Waals surface area (Å²) in [5.74, 6) is -0.400. The number of hydrogen-bond acceptors (Lipinski definition) is 4. The molecule has 0 aromatic heterocycles. The van der Waals surface area contributed by atoms with E-state index in [1.807, 2.05) is 0 Å². The SMILES string of the molecule is CNC(=O)C(CCNC(=O)OC(C)(C)C)c1ccc(O)cc1. The van der Waals surface area contributed by atoms with Crippen LogP contribution in [-0.4, -0.2) is 36.3 Å². The number of likely N-dealkylation sites (N-methyl/N-ethyl adjacent to an activating group) is 1. The summed E-state index contributed by atoms with van der Waals surface area (Å²) in [7, 11) is 1.57. The van der Waals surface area contributed by atoms with Crippen molar-refractivity contribution < 1.29 is 19.4 Å². The van der Waals surface area contributed by atoms with Crippen molar-refractivity contribution in [3.8, 4) is 5.75 Å². The van der Waals surface area contributed by atoms with Gasteiger partial charge in [0.2, 0.25) is 5.91 Å². The Morgan fingerprint density at radius 2 is 1.82 bits per heavy atom. The number of carbonyl (C=O) groups is 2. The molecule has 0 saturated heterocycles. The Bertz CT molecular complexity index is 506. The molecule has 0 aliphatic heterocycles. The van der Waals surface area contributed by atoms with E-state index in [2.05, 4.69) is 10.6 Å². The lowest BCUT2D eigenvalue weighted by Gasteiger charge is -2.20. The quantitative estimate of drug-likeness (QED) is 0.777. The van der Waals surface area contributed by atoms with Gasteiger partial charge in [0.15, 0.2) is 0 Å². The minimum absolute atomic E-state index is 0.142. The number of nitrogens with one attached hydrogen (secondary N) is 2. The number of phenols is 1. The van der Waals surface area contributed by atoms with Gasteiger partial charge in [0.05, 0.1) is 5.92 Å². The van der Waals surface area contributed by atoms with Crippen LogP contribution >= 0.6 is 0 Å². The van der Waals surface area contributed by atoms with Gasteiger partial charge >= 0.3 is 6.09 Å². The predicted molar refractivity (Wildman–Crippen MR) is 83.8 cm³/mol. The second kappa shape index (κ2) is 7.68. The molecule has 0 aliphatic carbocycles. The zero-order valence-electron chi connectivity index (χ0n) is 13.5. The summed E-state index contributed by atoms with van der Waals surface area (Å²) in [5, 5.41) is 14.6. The molecule has 0 aliphatic rings. The maximum Gasteiger partial charge on any atom is 0.407 e. The molecule has 0 saturated carbocycles. The van der Waals surface area contributed by atoms with Gasteiger partial charge in [-0.3, -0.25) is 4.79 Å². The summed E-state index contributed by atoms with van der Waals surface area (Å²) in [6, 6.07) is 6.46. The van der Waals surface area contributed by atoms with Gasteiger partial charge in [-0.1, -0.05) is 12.1 Å². The topological polar surface area (TPSA) is 87.7 Å². The molecule has 0 spiro atoms. The maximum absolute atomic E-state index is 12.0. The van der Waals surface area contributed by atoms with Gasteiger partial charge in [-0.05, 0) is 44.9 Å². The van der Waals surface area contributed by atoms with Crippen molar-refractivity contribution in [3.05, 3.63) is 29.8 Å². The molecule has 6 heteroatoms. The molecule has 0 bridgehead atoms. The number of aromatic hydroxyl groups is 1. The first-order valence-electron chi connectivity index (χ1n) is 7.20. The summed E-state index contributed by atoms with van der Waals surface area (Å²) in [5.41, 5.74) is 0.226. The van der Waals surface area contributed by atoms with Crippen LogP contribution in [0.4, 0.5) is 4.79 Å². The molecular formula is C16H24N2O4. The number of rotatable bonds is 5. The van der Waals surface area contributed by atoms with E-state index in [1.54, 1.807) is 40.0 Å². The third kappa shape index (κ3) is 6.03. The summed E-state index contributed by atoms with van der Waals surface area (Å²) in [6.07, 6.45) is -0.0715. The van der Waals surface area contributed by atoms with Crippen LogP contribution in [0.2, 0.25) is 0 Å². The zero-order chi connectivity index (χ0) is 16.8. The third-order valence-electron chi connectivity index (χ3n) is 2.96. The first-order valence-corrected chi connectivity index (χ1v) is 7.20. The highest BCUT2D eigenvalue weighted by molar-refractivity contribution is 5.83. The molecule has 22 heavy (non-hydrogen) atoms. The second-order valence-corrected chi connectivity index (χ2v) is 5.98. The fourth-order valence-corrected chi connectivity index (χ4v) is 1.96. The van der Waals surface area contributed by atoms with Crippen LogP contribution in [0.25, 0.3) is 0 Å². The molecule has 1 aromatic rings. The van der Waals surface area contributed by atoms with Crippen LogP contribution in [0.15, 0.2) is 24.3 Å². The zero-order valence-corrected chi connectivity index (χ0v) is 13.5. The van der Waals surface area contributed by atoms with Crippen molar-refractivity contribution in [2.45, 2.75) is 38.7 Å². The molecule has 1 atom stereocenters. The Kier molecular flexibility index (Phi) is 6.22. The third-order valence-corrected chi connectivity index (χ3v) is 2.96. The number of phenolic OH excluding ortho intramolecular Hbond substituents is 1. The van der Waals surface area contributed by atoms with E-state index in [4.69, 9.17) is 4.74 Å². The van der Waals surface area contributed by atoms with E-state index in [1.165, 1.54) is 12.1 Å². The molecule has 1 rings (SSSR count). The Morgan fingerprint density at radius 3 is 2.32 bits per heavy atom. The van der Waals surface area contributed by atoms with Crippen LogP contribution in [0, 0.1) is 0 Å². The standard InChI is InChI=1S/C16H24N2O4/c1-16(2,3)22-15(21)18-10-9-13(14(20)17-4)11-5-7-12(19)8-6-11/h5-8,13,19H,9-10H2,1-4H3,(H,17,20)(H,18,21). The highest BCUT2D eigenvalue weighted by atomic mass is 16.6. The van der Waals surface area contributed by atoms with Crippen LogP contribution in [0.3, 0.4) is 0 Å². The van der Waals surface area contributed by atoms with Crippen molar-refractivity contribution in [1.29, 1.82) is 0 Å². The lowest BCUT2D eigenvalue weighted by molar-refractivity contribution is -0.122. The normalized spacial score (nSPS) is 12.4. The van der Waals surface area contributed by atoms with Crippen LogP contribution < -0.4 is 10.6 Å². The molecule has 0 heterocycles. The van der Waals surface area contributed by atoms with Crippen molar-refractivity contribution in [3.63, 3.8) is 0 Å². The van der Waals surface area contributed by atoms with Crippen LogP contribution in [0.1, 0.15) is 38.7 Å². The Labute approximate surface area is 130 Å². The van der Waals surface area contributed by atoms with Gasteiger partial charge in [-0.25, -0.2) is 4.79 Å². The smallest absolute Gasteiger partial charge is 0.407 e. The van der Waals surface area contributed by atoms with E-state index in [9.17, 15) is 14.7 Å². The first-order chi connectivity index (χ1) is 10.2. The number of benzene rings is 1. The van der Waals surface area contributed by atoms with Crippen molar-refractivity contribution in [2.75, 3.05) is 13.6 Å². The molecule has 2 amide bonds. The van der Waals surface area contributed by atoms with E-state index < -0.39 is 17.6 Å². The Hall–Kier alpha value is -2.24. The molecular weight excluding hydrogens is 284 g/mol. The van der Waals surface area contributed by atoms with Gasteiger partial charge in [-0.15, -0.1) is 0 Å². The largest absolute Gasteiger partial charge is 0.508 e. The summed E-state index contributed by atoms with van der Waals surface area (Å²) >= 11 is 0. The average molecular weight is 308 g/mol. The molecule has 1 aromatic carbocycles. The molecule has 0 fully saturated rings. The lowest BCUT2D eigenvalue weighted by Crippen LogP contribution is -2.35. The van der Waals surface area contributed by atoms with E-state index in [-0.39, 0.29) is 11.7 Å². The molecule has 6 nitrogen and oxygen atoms in total. The molecule has 122 valence electrons. The predicted octanol–water partition coefficient (Wildman–Crippen LogP) is 2.14. The average Bonchev–Trinajstić information content (AvgIpc) is 2.42. The molecule has 0 radical (unpaired) electrons. The van der Waals surface area contributed by atoms with E-state index in [0.717, 1.165) is 5.56 Å². The van der Waals surface area contributed by atoms with Crippen molar-refractivity contribution in [1.82, 2.24) is 10.6 Å². The first kappa shape index (κ1) is 17.8. The number of hydrogen-bond donors (Lipinski definition) is 3. The van der Waals surface area contributed by atoms with Gasteiger partial charge in [0.25, 0.3) is 0 Å². The van der Waals surface area contributed by atoms with Gasteiger partial charge in [0, 0.05) is 13.6 Å². The second-order valence-electron chi connectivity index (χ2n) is 5.98. The molecule has 1 unspecified atom stereocenters. The summed E-state index contributed by atoms with van der Waals surface area (Å²) < 4.78 is 5.14. The number of ether oxygens (including phenoxy) is 1. The summed E-state index contributed by atoms with van der Waals surface area (Å²) in [4.78, 5) is 23.6. The highest BCUT2D eigenvalue weighted by Crippen LogP contribution is 2.22. The fraction of sp³-hybridized carbons (Fsp3) is 0.500. The van der Waals surface area contributed by atoms with Crippen LogP contribution in [-0.2, 0) is 9.53 Å². The van der Waals surface area contributed by atoms with E-state index in [0.29, 0.717) is 13.0 Å². The van der Waals surface area contributed by atoms with Gasteiger partial charge < -0.3 is 20.5 Å². The van der Waals surface area contributed by atoms with Crippen molar-refractivity contribution >= 4 is 12.0 Å². The Morgan fingerprint density at radius 1 is 1.23 bits per heavy atom. The fourth-order valence-electron chi connectivity index (χ4n) is 1.96. The maximum atomic E-state index is 12.0. The van der Waals surface area contributed by atoms with Gasteiger partial charge in [0.1, 0.15) is 11.4 Å². The monoisotopic (exact) mass is 308 g/mol. The minimum atomic E-state index is -0.554. The number of carbonyl (C=O) groups excluding carboxylic acids is 2. The number of amides is 2. The van der Waals surface area contributed by atoms with Crippen LogP contribution in [0.5, 0.6) is 5.75 Å². The molecule has 3 N–H and O–H groups in total. The summed E-state index contributed by atoms with van der Waals surface area (Å²) in [6.45, 7) is 5.68. The van der Waals surface area contributed by atoms with Crippen molar-refractivity contribution in [2.24, 2.45) is 0 Å². The minimum Gasteiger partial charge on any atom is -0.508 e. The van der Waals surface area contributed by atoms with E-state index >= 15 is 0 Å². The highest BCUT2D eigenvalue weighted by Gasteiger charge is 2.21.